The first kappa shape index (κ1) is 20.6. The molecule has 2 aromatic carbocycles. The fourth-order valence-corrected chi connectivity index (χ4v) is 3.53. The van der Waals surface area contributed by atoms with E-state index in [-0.39, 0.29) is 12.5 Å². The zero-order chi connectivity index (χ0) is 20.1. The summed E-state index contributed by atoms with van der Waals surface area (Å²) in [5.74, 6) is 0.210. The minimum atomic E-state index is -0.240. The normalized spacial score (nSPS) is 13.9. The van der Waals surface area contributed by atoms with Crippen molar-refractivity contribution < 1.29 is 14.3 Å². The summed E-state index contributed by atoms with van der Waals surface area (Å²) in [5, 5.41) is 3.28. The van der Waals surface area contributed by atoms with Crippen LogP contribution in [0.25, 0.3) is 0 Å². The number of hydrogen-bond donors (Lipinski definition) is 1. The van der Waals surface area contributed by atoms with Gasteiger partial charge in [-0.15, -0.1) is 0 Å². The minimum absolute atomic E-state index is 0.125. The van der Waals surface area contributed by atoms with Gasteiger partial charge in [0.15, 0.2) is 6.61 Å². The van der Waals surface area contributed by atoms with Crippen molar-refractivity contribution in [2.45, 2.75) is 13.8 Å². The van der Waals surface area contributed by atoms with Gasteiger partial charge in [-0.1, -0.05) is 41.5 Å². The predicted octanol–water partition coefficient (Wildman–Crippen LogP) is 3.98. The highest BCUT2D eigenvalue weighted by Crippen LogP contribution is 2.26. The van der Waals surface area contributed by atoms with E-state index in [1.165, 1.54) is 0 Å². The largest absolute Gasteiger partial charge is 0.482 e. The number of amides is 1. The van der Waals surface area contributed by atoms with Crippen LogP contribution in [0.4, 0.5) is 5.69 Å². The molecule has 7 heteroatoms. The van der Waals surface area contributed by atoms with Gasteiger partial charge in [-0.25, -0.2) is 0 Å². The molecule has 0 saturated carbocycles. The Morgan fingerprint density at radius 1 is 1.21 bits per heavy atom. The molecule has 2 aromatic rings. The maximum absolute atomic E-state index is 12.2. The molecule has 0 atom stereocenters. The van der Waals surface area contributed by atoms with Gasteiger partial charge in [0.2, 0.25) is 0 Å². The summed E-state index contributed by atoms with van der Waals surface area (Å²) in [6, 6.07) is 11.2. The summed E-state index contributed by atoms with van der Waals surface area (Å²) in [6.07, 6.45) is 0. The topological polar surface area (TPSA) is 50.8 Å². The molecule has 0 unspecified atom stereocenters. The van der Waals surface area contributed by atoms with Crippen LogP contribution in [0.3, 0.4) is 0 Å². The standard InChI is InChI=1S/C21H23ClN2O3S/c1-14-3-5-18(15(2)11-14)23-20(25)13-27-19-6-4-16(12-17(19)22)21(28)24-7-9-26-10-8-24/h3-6,11-12H,7-10,13H2,1-2H3,(H,23,25). The maximum Gasteiger partial charge on any atom is 0.262 e. The monoisotopic (exact) mass is 418 g/mol. The number of anilines is 1. The molecule has 1 aliphatic rings. The second-order valence-corrected chi connectivity index (χ2v) is 7.50. The highest BCUT2D eigenvalue weighted by Gasteiger charge is 2.16. The predicted molar refractivity (Wildman–Crippen MR) is 116 cm³/mol. The van der Waals surface area contributed by atoms with E-state index in [2.05, 4.69) is 10.2 Å². The van der Waals surface area contributed by atoms with Gasteiger partial charge in [0, 0.05) is 24.3 Å². The van der Waals surface area contributed by atoms with Crippen molar-refractivity contribution >= 4 is 40.4 Å². The molecular weight excluding hydrogens is 396 g/mol. The van der Waals surface area contributed by atoms with Crippen LogP contribution >= 0.6 is 23.8 Å². The minimum Gasteiger partial charge on any atom is -0.482 e. The van der Waals surface area contributed by atoms with Crippen molar-refractivity contribution in [3.05, 3.63) is 58.1 Å². The molecule has 5 nitrogen and oxygen atoms in total. The number of rotatable bonds is 5. The van der Waals surface area contributed by atoms with E-state index in [0.717, 1.165) is 40.5 Å². The van der Waals surface area contributed by atoms with E-state index in [1.54, 1.807) is 12.1 Å². The molecule has 3 rings (SSSR count). The average molecular weight is 419 g/mol. The van der Waals surface area contributed by atoms with Gasteiger partial charge in [-0.3, -0.25) is 4.79 Å². The molecule has 0 radical (unpaired) electrons. The number of thiocarbonyl (C=S) groups is 1. The lowest BCUT2D eigenvalue weighted by Crippen LogP contribution is -2.40. The third-order valence-corrected chi connectivity index (χ3v) is 5.28. The molecule has 0 bridgehead atoms. The summed E-state index contributed by atoms with van der Waals surface area (Å²) in [6.45, 7) is 6.73. The number of benzene rings is 2. The molecule has 1 N–H and O–H groups in total. The number of morpholine rings is 1. The average Bonchev–Trinajstić information content (AvgIpc) is 2.69. The van der Waals surface area contributed by atoms with E-state index >= 15 is 0 Å². The van der Waals surface area contributed by atoms with Gasteiger partial charge in [-0.05, 0) is 43.7 Å². The number of carbonyl (C=O) groups excluding carboxylic acids is 1. The molecule has 1 fully saturated rings. The molecule has 28 heavy (non-hydrogen) atoms. The molecule has 1 saturated heterocycles. The first-order chi connectivity index (χ1) is 13.4. The van der Waals surface area contributed by atoms with E-state index < -0.39 is 0 Å². The first-order valence-electron chi connectivity index (χ1n) is 9.10. The van der Waals surface area contributed by atoms with Gasteiger partial charge in [-0.2, -0.15) is 0 Å². The third-order valence-electron chi connectivity index (χ3n) is 4.49. The highest BCUT2D eigenvalue weighted by molar-refractivity contribution is 7.80. The quantitative estimate of drug-likeness (QED) is 0.744. The van der Waals surface area contributed by atoms with E-state index in [9.17, 15) is 4.79 Å². The molecular formula is C21H23ClN2O3S. The summed E-state index contributed by atoms with van der Waals surface area (Å²) in [4.78, 5) is 15.0. The zero-order valence-corrected chi connectivity index (χ0v) is 17.5. The lowest BCUT2D eigenvalue weighted by atomic mass is 10.1. The van der Waals surface area contributed by atoms with Gasteiger partial charge >= 0.3 is 0 Å². The molecule has 148 valence electrons. The molecule has 1 aliphatic heterocycles. The number of ether oxygens (including phenoxy) is 2. The number of hydrogen-bond acceptors (Lipinski definition) is 4. The maximum atomic E-state index is 12.2. The van der Waals surface area contributed by atoms with Crippen LogP contribution in [0.1, 0.15) is 16.7 Å². The third kappa shape index (κ3) is 5.22. The molecule has 1 heterocycles. The number of aryl methyl sites for hydroxylation is 2. The second-order valence-electron chi connectivity index (χ2n) is 6.71. The van der Waals surface area contributed by atoms with Crippen LogP contribution in [0.2, 0.25) is 5.02 Å². The van der Waals surface area contributed by atoms with Crippen LogP contribution in [0, 0.1) is 13.8 Å². The van der Waals surface area contributed by atoms with Gasteiger partial charge in [0.1, 0.15) is 10.7 Å². The van der Waals surface area contributed by atoms with E-state index in [0.29, 0.717) is 24.0 Å². The fourth-order valence-electron chi connectivity index (χ4n) is 2.98. The molecule has 1 amide bonds. The molecule has 0 aliphatic carbocycles. The Morgan fingerprint density at radius 3 is 2.64 bits per heavy atom. The second kappa shape index (κ2) is 9.37. The number of carbonyl (C=O) groups is 1. The van der Waals surface area contributed by atoms with Crippen molar-refractivity contribution in [1.82, 2.24) is 4.90 Å². The van der Waals surface area contributed by atoms with Gasteiger partial charge in [0.25, 0.3) is 5.91 Å². The van der Waals surface area contributed by atoms with Gasteiger partial charge in [0.05, 0.1) is 18.2 Å². The Bertz CT molecular complexity index is 882. The summed E-state index contributed by atoms with van der Waals surface area (Å²) in [5.41, 5.74) is 3.78. The zero-order valence-electron chi connectivity index (χ0n) is 16.0. The Kier molecular flexibility index (Phi) is 6.88. The first-order valence-corrected chi connectivity index (χ1v) is 9.89. The lowest BCUT2D eigenvalue weighted by Gasteiger charge is -2.29. The highest BCUT2D eigenvalue weighted by atomic mass is 35.5. The summed E-state index contributed by atoms with van der Waals surface area (Å²) in [7, 11) is 0. The lowest BCUT2D eigenvalue weighted by molar-refractivity contribution is -0.118. The number of halogens is 1. The van der Waals surface area contributed by atoms with Crippen molar-refractivity contribution in [2.24, 2.45) is 0 Å². The molecule has 0 aromatic heterocycles. The Labute approximate surface area is 175 Å². The van der Waals surface area contributed by atoms with Crippen molar-refractivity contribution in [3.63, 3.8) is 0 Å². The smallest absolute Gasteiger partial charge is 0.262 e. The number of nitrogens with zero attached hydrogens (tertiary/aromatic N) is 1. The van der Waals surface area contributed by atoms with Crippen LogP contribution in [-0.2, 0) is 9.53 Å². The Balaban J connectivity index is 1.58. The van der Waals surface area contributed by atoms with Crippen LogP contribution in [-0.4, -0.2) is 48.7 Å². The van der Waals surface area contributed by atoms with Gasteiger partial charge < -0.3 is 19.7 Å². The number of nitrogens with one attached hydrogen (secondary N) is 1. The van der Waals surface area contributed by atoms with Crippen molar-refractivity contribution in [1.29, 1.82) is 0 Å². The fraction of sp³-hybridized carbons (Fsp3) is 0.333. The van der Waals surface area contributed by atoms with Crippen molar-refractivity contribution in [3.8, 4) is 5.75 Å². The van der Waals surface area contributed by atoms with E-state index in [4.69, 9.17) is 33.3 Å². The van der Waals surface area contributed by atoms with Crippen LogP contribution in [0.5, 0.6) is 5.75 Å². The Hall–Kier alpha value is -2.15. The SMILES string of the molecule is Cc1ccc(NC(=O)COc2ccc(C(=S)N3CCOCC3)cc2Cl)c(C)c1. The van der Waals surface area contributed by atoms with E-state index in [1.807, 2.05) is 38.1 Å². The summed E-state index contributed by atoms with van der Waals surface area (Å²) < 4.78 is 10.9. The van der Waals surface area contributed by atoms with Crippen LogP contribution < -0.4 is 10.1 Å². The molecule has 0 spiro atoms. The Morgan fingerprint density at radius 2 is 1.96 bits per heavy atom. The van der Waals surface area contributed by atoms with Crippen molar-refractivity contribution in [2.75, 3.05) is 38.2 Å². The summed E-state index contributed by atoms with van der Waals surface area (Å²) >= 11 is 11.9. The van der Waals surface area contributed by atoms with Crippen LogP contribution in [0.15, 0.2) is 36.4 Å².